The number of fused-ring (bicyclic) bond motifs is 3. The van der Waals surface area contributed by atoms with E-state index in [0.717, 1.165) is 41.9 Å². The van der Waals surface area contributed by atoms with Crippen molar-refractivity contribution in [1.29, 1.82) is 0 Å². The molecule has 0 bridgehead atoms. The Morgan fingerprint density at radius 1 is 1.10 bits per heavy atom. The molecule has 0 amide bonds. The molecule has 6 nitrogen and oxygen atoms in total. The van der Waals surface area contributed by atoms with Gasteiger partial charge in [-0.3, -0.25) is 18.7 Å². The fraction of sp³-hybridized carbons (Fsp3) is 0.240. The first-order valence-electron chi connectivity index (χ1n) is 10.4. The standard InChI is InChI=1S/C25H23N5O/c1-18-6-8-19(9-7-18)16-30-24(31)22-17-28(15-20-4-3-5-21(14-20)26-2)12-10-23(22)29-13-11-27-25(29)30/h3-9,11,13-14H,10,12,15-17H2,1H3. The van der Waals surface area contributed by atoms with Gasteiger partial charge in [0.1, 0.15) is 0 Å². The SMILES string of the molecule is [C-]#[N+]c1cccc(CN2CCc3c(c(=O)n(Cc4ccc(C)cc4)c4nccn34)C2)c1. The van der Waals surface area contributed by atoms with Crippen molar-refractivity contribution < 1.29 is 0 Å². The van der Waals surface area contributed by atoms with E-state index < -0.39 is 0 Å². The normalized spacial score (nSPS) is 13.8. The monoisotopic (exact) mass is 409 g/mol. The lowest BCUT2D eigenvalue weighted by molar-refractivity contribution is 0.240. The Balaban J connectivity index is 1.50. The molecule has 0 radical (unpaired) electrons. The average molecular weight is 409 g/mol. The van der Waals surface area contributed by atoms with E-state index in [9.17, 15) is 4.79 Å². The highest BCUT2D eigenvalue weighted by Crippen LogP contribution is 2.22. The van der Waals surface area contributed by atoms with Gasteiger partial charge < -0.3 is 0 Å². The molecular weight excluding hydrogens is 386 g/mol. The Kier molecular flexibility index (Phi) is 4.89. The molecule has 1 aliphatic heterocycles. The Bertz CT molecular complexity index is 1360. The van der Waals surface area contributed by atoms with Crippen molar-refractivity contribution in [3.8, 4) is 0 Å². The van der Waals surface area contributed by atoms with Crippen LogP contribution in [0, 0.1) is 13.5 Å². The van der Waals surface area contributed by atoms with Crippen molar-refractivity contribution in [3.05, 3.63) is 111 Å². The number of rotatable bonds is 4. The molecule has 0 saturated heterocycles. The highest BCUT2D eigenvalue weighted by molar-refractivity contribution is 5.46. The molecule has 3 heterocycles. The Morgan fingerprint density at radius 2 is 1.94 bits per heavy atom. The summed E-state index contributed by atoms with van der Waals surface area (Å²) in [6.07, 6.45) is 4.52. The molecule has 0 spiro atoms. The van der Waals surface area contributed by atoms with Crippen LogP contribution in [0.2, 0.25) is 0 Å². The van der Waals surface area contributed by atoms with E-state index in [1.807, 2.05) is 30.5 Å². The van der Waals surface area contributed by atoms with Gasteiger partial charge in [0.2, 0.25) is 5.78 Å². The maximum Gasteiger partial charge on any atom is 0.259 e. The van der Waals surface area contributed by atoms with Gasteiger partial charge in [0, 0.05) is 44.1 Å². The van der Waals surface area contributed by atoms with E-state index in [0.29, 0.717) is 24.6 Å². The summed E-state index contributed by atoms with van der Waals surface area (Å²) >= 11 is 0. The van der Waals surface area contributed by atoms with E-state index in [4.69, 9.17) is 6.57 Å². The predicted molar refractivity (Wildman–Crippen MR) is 120 cm³/mol. The first-order chi connectivity index (χ1) is 15.1. The zero-order chi connectivity index (χ0) is 21.4. The van der Waals surface area contributed by atoms with Gasteiger partial charge in [-0.2, -0.15) is 0 Å². The molecule has 31 heavy (non-hydrogen) atoms. The minimum atomic E-state index is 0.0360. The van der Waals surface area contributed by atoms with Crippen LogP contribution in [0.1, 0.15) is 27.9 Å². The zero-order valence-corrected chi connectivity index (χ0v) is 17.5. The molecule has 0 saturated carbocycles. The van der Waals surface area contributed by atoms with E-state index in [1.54, 1.807) is 10.8 Å². The van der Waals surface area contributed by atoms with Gasteiger partial charge in [-0.1, -0.05) is 54.1 Å². The smallest absolute Gasteiger partial charge is 0.259 e. The summed E-state index contributed by atoms with van der Waals surface area (Å²) in [7, 11) is 0. The second-order valence-electron chi connectivity index (χ2n) is 8.14. The number of nitrogens with zero attached hydrogens (tertiary/aromatic N) is 5. The molecule has 2 aromatic carbocycles. The van der Waals surface area contributed by atoms with E-state index >= 15 is 0 Å². The average Bonchev–Trinajstić information content (AvgIpc) is 3.28. The third kappa shape index (κ3) is 3.65. The summed E-state index contributed by atoms with van der Waals surface area (Å²) in [5, 5.41) is 0. The lowest BCUT2D eigenvalue weighted by Gasteiger charge is -2.29. The van der Waals surface area contributed by atoms with Crippen molar-refractivity contribution in [1.82, 2.24) is 18.9 Å². The topological polar surface area (TPSA) is 46.9 Å². The molecule has 0 fully saturated rings. The first kappa shape index (κ1) is 19.3. The zero-order valence-electron chi connectivity index (χ0n) is 17.5. The molecule has 5 rings (SSSR count). The summed E-state index contributed by atoms with van der Waals surface area (Å²) < 4.78 is 3.86. The molecule has 1 aliphatic rings. The van der Waals surface area contributed by atoms with Gasteiger partial charge in [0.15, 0.2) is 5.69 Å². The minimum absolute atomic E-state index is 0.0360. The maximum atomic E-state index is 13.5. The lowest BCUT2D eigenvalue weighted by Crippen LogP contribution is -2.38. The van der Waals surface area contributed by atoms with Crippen molar-refractivity contribution in [2.75, 3.05) is 6.54 Å². The van der Waals surface area contributed by atoms with Gasteiger partial charge in [-0.15, -0.1) is 0 Å². The van der Waals surface area contributed by atoms with Crippen LogP contribution in [0.3, 0.4) is 0 Å². The van der Waals surface area contributed by atoms with Gasteiger partial charge >= 0.3 is 0 Å². The second kappa shape index (κ2) is 7.86. The summed E-state index contributed by atoms with van der Waals surface area (Å²) in [5.74, 6) is 0.697. The number of hydrogen-bond acceptors (Lipinski definition) is 3. The Hall–Kier alpha value is -3.69. The number of imidazole rings is 1. The minimum Gasteiger partial charge on any atom is -0.294 e. The molecule has 2 aromatic heterocycles. The van der Waals surface area contributed by atoms with Gasteiger partial charge in [0.05, 0.1) is 18.7 Å². The van der Waals surface area contributed by atoms with Crippen molar-refractivity contribution >= 4 is 11.5 Å². The Labute approximate surface area is 180 Å². The Morgan fingerprint density at radius 3 is 2.74 bits per heavy atom. The van der Waals surface area contributed by atoms with E-state index in [2.05, 4.69) is 50.3 Å². The van der Waals surface area contributed by atoms with Crippen molar-refractivity contribution in [2.24, 2.45) is 0 Å². The molecule has 6 heteroatoms. The largest absolute Gasteiger partial charge is 0.294 e. The third-order valence-electron chi connectivity index (χ3n) is 5.96. The van der Waals surface area contributed by atoms with Crippen LogP contribution < -0.4 is 5.56 Å². The van der Waals surface area contributed by atoms with Crippen LogP contribution in [-0.2, 0) is 26.1 Å². The molecule has 154 valence electrons. The van der Waals surface area contributed by atoms with Gasteiger partial charge in [-0.05, 0) is 18.1 Å². The summed E-state index contributed by atoms with van der Waals surface area (Å²) in [6.45, 7) is 12.0. The first-order valence-corrected chi connectivity index (χ1v) is 10.4. The van der Waals surface area contributed by atoms with Crippen LogP contribution in [0.4, 0.5) is 5.69 Å². The summed E-state index contributed by atoms with van der Waals surface area (Å²) in [6, 6.07) is 16.0. The fourth-order valence-electron chi connectivity index (χ4n) is 4.36. The van der Waals surface area contributed by atoms with Crippen LogP contribution in [0.25, 0.3) is 10.6 Å². The molecule has 0 unspecified atom stereocenters. The number of aryl methyl sites for hydroxylation is 1. The number of hydrogen-bond donors (Lipinski definition) is 0. The third-order valence-corrected chi connectivity index (χ3v) is 5.96. The molecular formula is C25H23N5O. The summed E-state index contributed by atoms with van der Waals surface area (Å²) in [4.78, 5) is 23.8. The molecule has 4 aromatic rings. The van der Waals surface area contributed by atoms with E-state index in [-0.39, 0.29) is 5.56 Å². The highest BCUT2D eigenvalue weighted by Gasteiger charge is 2.24. The number of benzene rings is 2. The van der Waals surface area contributed by atoms with Gasteiger partial charge in [0.25, 0.3) is 5.56 Å². The molecule has 0 aliphatic carbocycles. The maximum absolute atomic E-state index is 13.5. The van der Waals surface area contributed by atoms with Crippen LogP contribution >= 0.6 is 0 Å². The van der Waals surface area contributed by atoms with E-state index in [1.165, 1.54) is 5.56 Å². The molecule has 0 N–H and O–H groups in total. The summed E-state index contributed by atoms with van der Waals surface area (Å²) in [5.41, 5.74) is 5.96. The lowest BCUT2D eigenvalue weighted by atomic mass is 10.1. The fourth-order valence-corrected chi connectivity index (χ4v) is 4.36. The number of aromatic nitrogens is 3. The van der Waals surface area contributed by atoms with Crippen LogP contribution in [0.5, 0.6) is 0 Å². The molecule has 0 atom stereocenters. The van der Waals surface area contributed by atoms with Crippen LogP contribution in [0.15, 0.2) is 65.7 Å². The van der Waals surface area contributed by atoms with Crippen LogP contribution in [-0.4, -0.2) is 25.4 Å². The highest BCUT2D eigenvalue weighted by atomic mass is 16.1. The quantitative estimate of drug-likeness (QED) is 0.480. The van der Waals surface area contributed by atoms with Gasteiger partial charge in [-0.25, -0.2) is 9.83 Å². The van der Waals surface area contributed by atoms with Crippen molar-refractivity contribution in [2.45, 2.75) is 33.0 Å². The van der Waals surface area contributed by atoms with Crippen molar-refractivity contribution in [3.63, 3.8) is 0 Å². The predicted octanol–water partition coefficient (Wildman–Crippen LogP) is 3.96. The second-order valence-corrected chi connectivity index (χ2v) is 8.14.